The van der Waals surface area contributed by atoms with E-state index in [1.807, 2.05) is 19.9 Å². The van der Waals surface area contributed by atoms with Gasteiger partial charge < -0.3 is 50.2 Å². The minimum atomic E-state index is -3.01. The lowest BCUT2D eigenvalue weighted by Gasteiger charge is -2.51. The highest BCUT2D eigenvalue weighted by Gasteiger charge is 2.67. The van der Waals surface area contributed by atoms with Crippen molar-refractivity contribution in [1.29, 1.82) is 0 Å². The largest absolute Gasteiger partial charge is 0.508 e. The van der Waals surface area contributed by atoms with Gasteiger partial charge in [-0.05, 0) is 60.2 Å². The van der Waals surface area contributed by atoms with E-state index in [0.717, 1.165) is 5.57 Å². The van der Waals surface area contributed by atoms with Crippen LogP contribution in [0.15, 0.2) is 59.1 Å². The fourth-order valence-electron chi connectivity index (χ4n) is 5.81. The van der Waals surface area contributed by atoms with Crippen LogP contribution >= 0.6 is 0 Å². The molecule has 0 aliphatic carbocycles. The minimum Gasteiger partial charge on any atom is -0.508 e. The van der Waals surface area contributed by atoms with Gasteiger partial charge in [0, 0.05) is 24.4 Å². The van der Waals surface area contributed by atoms with Gasteiger partial charge in [-0.25, -0.2) is 4.79 Å². The number of aliphatic carboxylic acids is 1. The number of aliphatic imine (C=N–C) groups is 1. The minimum absolute atomic E-state index is 0.00986. The van der Waals surface area contributed by atoms with Crippen molar-refractivity contribution in [3.63, 3.8) is 0 Å². The average Bonchev–Trinajstić information content (AvgIpc) is 3.55. The van der Waals surface area contributed by atoms with Crippen LogP contribution in [0.2, 0.25) is 0 Å². The number of rotatable bonds is 12. The second-order valence-electron chi connectivity index (χ2n) is 12.1. The first-order chi connectivity index (χ1) is 21.9. The van der Waals surface area contributed by atoms with E-state index < -0.39 is 42.2 Å². The van der Waals surface area contributed by atoms with Crippen LogP contribution in [0.5, 0.6) is 17.2 Å². The van der Waals surface area contributed by atoms with Gasteiger partial charge in [-0.15, -0.1) is 0 Å². The second-order valence-corrected chi connectivity index (χ2v) is 12.1. The molecule has 0 saturated carbocycles. The number of aliphatic hydroxyl groups excluding tert-OH is 2. The molecule has 13 heteroatoms. The van der Waals surface area contributed by atoms with Crippen molar-refractivity contribution in [1.82, 2.24) is 5.32 Å². The molecule has 0 amide bonds. The van der Waals surface area contributed by atoms with Gasteiger partial charge in [0.2, 0.25) is 6.29 Å². The number of hydrogen-bond acceptors (Lipinski definition) is 12. The van der Waals surface area contributed by atoms with E-state index in [9.17, 15) is 40.2 Å². The topological polar surface area (TPSA) is 208 Å². The number of nitrogens with one attached hydrogen (secondary N) is 1. The highest BCUT2D eigenvalue weighted by atomic mass is 16.7. The zero-order chi connectivity index (χ0) is 33.2. The molecule has 3 aliphatic rings. The first-order valence-corrected chi connectivity index (χ1v) is 14.9. The lowest BCUT2D eigenvalue weighted by molar-refractivity contribution is -0.334. The second kappa shape index (κ2) is 13.2. The Bertz CT molecular complexity index is 1550. The van der Waals surface area contributed by atoms with Gasteiger partial charge in [0.05, 0.1) is 12.1 Å². The molecule has 3 heterocycles. The van der Waals surface area contributed by atoms with Crippen LogP contribution in [-0.4, -0.2) is 105 Å². The van der Waals surface area contributed by atoms with E-state index in [2.05, 4.69) is 10.3 Å². The number of phenolic OH excluding ortho intramolecular Hbond substituents is 1. The molecule has 246 valence electrons. The number of aldehydes is 1. The Balaban J connectivity index is 1.41. The molecule has 6 unspecified atom stereocenters. The van der Waals surface area contributed by atoms with E-state index >= 15 is 0 Å². The van der Waals surface area contributed by atoms with E-state index in [4.69, 9.17) is 14.2 Å². The molecule has 1 saturated heterocycles. The molecular formula is C33H38N2O11. The van der Waals surface area contributed by atoms with Crippen LogP contribution in [0.25, 0.3) is 11.3 Å². The van der Waals surface area contributed by atoms with Crippen LogP contribution in [0.1, 0.15) is 31.4 Å². The Morgan fingerprint density at radius 1 is 1.17 bits per heavy atom. The van der Waals surface area contributed by atoms with Crippen LogP contribution < -0.4 is 14.8 Å². The number of hydrogen-bond donors (Lipinski definition) is 7. The number of aromatic hydroxyl groups is 1. The Morgan fingerprint density at radius 3 is 2.54 bits per heavy atom. The Morgan fingerprint density at radius 2 is 1.91 bits per heavy atom. The van der Waals surface area contributed by atoms with Crippen LogP contribution in [-0.2, 0) is 14.3 Å². The van der Waals surface area contributed by atoms with Gasteiger partial charge in [0.25, 0.3) is 0 Å². The summed E-state index contributed by atoms with van der Waals surface area (Å²) in [6.45, 7) is 4.46. The monoisotopic (exact) mass is 638 g/mol. The molecule has 1 fully saturated rings. The van der Waals surface area contributed by atoms with E-state index in [0.29, 0.717) is 36.2 Å². The summed E-state index contributed by atoms with van der Waals surface area (Å²) in [5.74, 6) is -1.24. The number of nitrogens with zero attached hydrogens (tertiary/aromatic N) is 1. The molecule has 0 bridgehead atoms. The average molecular weight is 639 g/mol. The fraction of sp³-hybridized carbons (Fsp3) is 0.424. The van der Waals surface area contributed by atoms with E-state index in [1.165, 1.54) is 30.3 Å². The van der Waals surface area contributed by atoms with Gasteiger partial charge in [-0.1, -0.05) is 32.1 Å². The highest BCUT2D eigenvalue weighted by molar-refractivity contribution is 5.91. The molecule has 13 nitrogen and oxygen atoms in total. The summed E-state index contributed by atoms with van der Waals surface area (Å²) in [7, 11) is 0. The lowest BCUT2D eigenvalue weighted by Crippen LogP contribution is -2.79. The number of carbonyl (C=O) groups excluding carboxylic acids is 1. The van der Waals surface area contributed by atoms with E-state index in [1.54, 1.807) is 18.3 Å². The third-order valence-corrected chi connectivity index (χ3v) is 8.80. The summed E-state index contributed by atoms with van der Waals surface area (Å²) in [4.78, 5) is 28.5. The molecule has 7 N–H and O–H groups in total. The molecule has 0 radical (unpaired) electrons. The number of phenols is 1. The molecule has 3 aliphatic heterocycles. The van der Waals surface area contributed by atoms with Crippen molar-refractivity contribution in [2.45, 2.75) is 50.0 Å². The van der Waals surface area contributed by atoms with Crippen molar-refractivity contribution in [3.8, 4) is 17.2 Å². The quantitative estimate of drug-likeness (QED) is 0.166. The number of fused-ring (bicyclic) bond motifs is 1. The predicted octanol–water partition coefficient (Wildman–Crippen LogP) is 1.68. The third-order valence-electron chi connectivity index (χ3n) is 8.80. The van der Waals surface area contributed by atoms with Crippen molar-refractivity contribution in [2.24, 2.45) is 16.8 Å². The zero-order valence-electron chi connectivity index (χ0n) is 25.4. The molecular weight excluding hydrogens is 600 g/mol. The summed E-state index contributed by atoms with van der Waals surface area (Å²) >= 11 is 0. The zero-order valence-corrected chi connectivity index (χ0v) is 25.4. The van der Waals surface area contributed by atoms with Crippen molar-refractivity contribution in [3.05, 3.63) is 65.2 Å². The Labute approximate surface area is 265 Å². The Hall–Kier alpha value is -4.27. The molecule has 0 aromatic heterocycles. The van der Waals surface area contributed by atoms with Gasteiger partial charge in [-0.2, -0.15) is 0 Å². The highest BCUT2D eigenvalue weighted by Crippen LogP contribution is 2.41. The van der Waals surface area contributed by atoms with Gasteiger partial charge in [0.1, 0.15) is 35.7 Å². The van der Waals surface area contributed by atoms with Crippen LogP contribution in [0.4, 0.5) is 0 Å². The smallest absolute Gasteiger partial charge is 0.335 e. The lowest BCUT2D eigenvalue weighted by atomic mass is 9.74. The maximum Gasteiger partial charge on any atom is 0.335 e. The van der Waals surface area contributed by atoms with Gasteiger partial charge >= 0.3 is 5.97 Å². The van der Waals surface area contributed by atoms with Crippen LogP contribution in [0.3, 0.4) is 0 Å². The summed E-state index contributed by atoms with van der Waals surface area (Å²) in [5.41, 5.74) is -3.19. The maximum atomic E-state index is 12.3. The standard InChI is InChI=1S/C33H38N2O11/c1-18(2)21(11-19-9-10-34-13-19)14-35-16-32(42)31(46-28(30(40)41)29(39)33(32,43)17-36)45-23-7-8-24-26(12-23)44-15-25(27(24)38)20-3-5-22(37)6-4-20/h3-9,12-13,17-18,21,28-29,31,35,37-39,42-43H,10-11,14-16H2,1-2H3,(H,40,41). The summed E-state index contributed by atoms with van der Waals surface area (Å²) in [5, 5.41) is 67.4. The van der Waals surface area contributed by atoms with Crippen molar-refractivity contribution >= 4 is 29.8 Å². The van der Waals surface area contributed by atoms with E-state index in [-0.39, 0.29) is 47.7 Å². The van der Waals surface area contributed by atoms with Crippen molar-refractivity contribution < 1.29 is 54.4 Å². The molecule has 2 aromatic carbocycles. The molecule has 5 rings (SSSR count). The number of ether oxygens (including phenoxy) is 3. The van der Waals surface area contributed by atoms with Crippen molar-refractivity contribution in [2.75, 3.05) is 26.2 Å². The third kappa shape index (κ3) is 6.24. The summed E-state index contributed by atoms with van der Waals surface area (Å²) in [6.07, 6.45) is -2.00. The van der Waals surface area contributed by atoms with Gasteiger partial charge in [-0.3, -0.25) is 9.79 Å². The maximum absolute atomic E-state index is 12.3. The first-order valence-electron chi connectivity index (χ1n) is 14.9. The molecule has 2 aromatic rings. The number of carbonyl (C=O) groups is 2. The first kappa shape index (κ1) is 33.1. The van der Waals surface area contributed by atoms with Crippen LogP contribution in [0, 0.1) is 11.8 Å². The number of carboxylic acid groups (broad SMARTS) is 1. The normalized spacial score (nSPS) is 28.0. The number of allylic oxidation sites excluding steroid dienone is 1. The summed E-state index contributed by atoms with van der Waals surface area (Å²) in [6, 6.07) is 10.5. The SMILES string of the molecule is CC(C)C(CNCC1(O)C(Oc2ccc3c(c2)OCC(c2ccc(O)cc2)=C3O)OC(C(=O)O)C(O)C1(O)C=O)CC1=CCN=C1. The molecule has 6 atom stereocenters. The molecule has 0 spiro atoms. The number of carboxylic acids is 1. The molecule has 46 heavy (non-hydrogen) atoms. The van der Waals surface area contributed by atoms with Gasteiger partial charge in [0.15, 0.2) is 23.6 Å². The number of benzene rings is 2. The Kier molecular flexibility index (Phi) is 9.52. The number of aliphatic hydroxyl groups is 4. The fourth-order valence-corrected chi connectivity index (χ4v) is 5.81. The predicted molar refractivity (Wildman–Crippen MR) is 166 cm³/mol. The summed E-state index contributed by atoms with van der Waals surface area (Å²) < 4.78 is 17.3.